The lowest BCUT2D eigenvalue weighted by Gasteiger charge is -2.37. The van der Waals surface area contributed by atoms with Crippen LogP contribution in [0.15, 0.2) is 27.4 Å². The number of aromatic amines is 1. The molecule has 1 aromatic carbocycles. The van der Waals surface area contributed by atoms with Gasteiger partial charge in [0.15, 0.2) is 5.58 Å². The van der Waals surface area contributed by atoms with Crippen LogP contribution >= 0.6 is 0 Å². The van der Waals surface area contributed by atoms with E-state index in [1.807, 2.05) is 18.2 Å². The summed E-state index contributed by atoms with van der Waals surface area (Å²) in [5, 5.41) is 3.59. The average molecular weight is 288 g/mol. The van der Waals surface area contributed by atoms with E-state index < -0.39 is 5.76 Å². The number of H-pyrrole nitrogens is 1. The number of hydrogen-bond acceptors (Lipinski definition) is 3. The van der Waals surface area contributed by atoms with E-state index in [2.05, 4.69) is 31.1 Å². The first-order valence-corrected chi connectivity index (χ1v) is 7.81. The molecule has 21 heavy (non-hydrogen) atoms. The molecule has 1 heterocycles. The second kappa shape index (κ2) is 5.24. The van der Waals surface area contributed by atoms with Crippen LogP contribution in [-0.4, -0.2) is 11.0 Å². The molecule has 0 atom stereocenters. The number of anilines is 1. The summed E-state index contributed by atoms with van der Waals surface area (Å²) < 4.78 is 5.03. The van der Waals surface area contributed by atoms with Crippen LogP contribution < -0.4 is 11.1 Å². The Balaban J connectivity index is 1.65. The molecule has 0 saturated heterocycles. The minimum absolute atomic E-state index is 0.396. The molecule has 1 aromatic heterocycles. The van der Waals surface area contributed by atoms with Crippen LogP contribution in [-0.2, 0) is 0 Å². The Bertz CT molecular complexity index is 670. The molecule has 0 unspecified atom stereocenters. The van der Waals surface area contributed by atoms with Gasteiger partial charge in [-0.25, -0.2) is 4.79 Å². The zero-order valence-electron chi connectivity index (χ0n) is 13.0. The molecule has 0 bridgehead atoms. The van der Waals surface area contributed by atoms with Crippen LogP contribution in [0.25, 0.3) is 11.1 Å². The Morgan fingerprint density at radius 3 is 2.57 bits per heavy atom. The van der Waals surface area contributed by atoms with Crippen molar-refractivity contribution >= 4 is 16.8 Å². The maximum Gasteiger partial charge on any atom is 0.417 e. The molecule has 114 valence electrons. The van der Waals surface area contributed by atoms with Gasteiger partial charge in [0.2, 0.25) is 0 Å². The van der Waals surface area contributed by atoms with Crippen LogP contribution in [0.2, 0.25) is 0 Å². The second-order valence-electron chi connectivity index (χ2n) is 7.28. The number of rotatable bonds is 2. The Labute approximate surface area is 124 Å². The molecule has 0 spiro atoms. The molecule has 1 saturated carbocycles. The number of hydrogen-bond donors (Lipinski definition) is 2. The number of oxazole rings is 1. The van der Waals surface area contributed by atoms with Crippen LogP contribution in [0, 0.1) is 11.3 Å². The Kier molecular flexibility index (Phi) is 3.56. The summed E-state index contributed by atoms with van der Waals surface area (Å²) in [7, 11) is 0. The van der Waals surface area contributed by atoms with Crippen LogP contribution in [0.3, 0.4) is 0 Å². The third-order valence-corrected chi connectivity index (χ3v) is 4.74. The van der Waals surface area contributed by atoms with E-state index >= 15 is 0 Å². The van der Waals surface area contributed by atoms with Gasteiger partial charge in [-0.05, 0) is 55.2 Å². The largest absolute Gasteiger partial charge is 0.417 e. The van der Waals surface area contributed by atoms with Crippen molar-refractivity contribution in [2.75, 3.05) is 5.32 Å². The predicted octanol–water partition coefficient (Wildman–Crippen LogP) is 4.14. The van der Waals surface area contributed by atoms with Crippen LogP contribution in [0.4, 0.5) is 5.69 Å². The van der Waals surface area contributed by atoms with Crippen molar-refractivity contribution in [3.8, 4) is 0 Å². The van der Waals surface area contributed by atoms with Crippen molar-refractivity contribution in [2.24, 2.45) is 11.3 Å². The first kappa shape index (κ1) is 14.2. The third-order valence-electron chi connectivity index (χ3n) is 4.74. The quantitative estimate of drug-likeness (QED) is 0.873. The smallest absolute Gasteiger partial charge is 0.408 e. The Morgan fingerprint density at radius 2 is 1.90 bits per heavy atom. The number of aromatic nitrogens is 1. The highest BCUT2D eigenvalue weighted by molar-refractivity contribution is 5.76. The predicted molar refractivity (Wildman–Crippen MR) is 85.7 cm³/mol. The summed E-state index contributed by atoms with van der Waals surface area (Å²) in [5.74, 6) is 0.427. The van der Waals surface area contributed by atoms with E-state index in [0.717, 1.165) is 17.1 Å². The second-order valence-corrected chi connectivity index (χ2v) is 7.28. The summed E-state index contributed by atoms with van der Waals surface area (Å²) in [6.45, 7) is 7.03. The summed E-state index contributed by atoms with van der Waals surface area (Å²) >= 11 is 0. The molecule has 4 nitrogen and oxygen atoms in total. The molecular weight excluding hydrogens is 264 g/mol. The van der Waals surface area contributed by atoms with Crippen molar-refractivity contribution < 1.29 is 4.42 Å². The highest BCUT2D eigenvalue weighted by Gasteiger charge is 2.29. The van der Waals surface area contributed by atoms with Crippen molar-refractivity contribution in [1.82, 2.24) is 4.98 Å². The molecule has 1 aliphatic carbocycles. The lowest BCUT2D eigenvalue weighted by molar-refractivity contribution is 0.173. The van der Waals surface area contributed by atoms with Gasteiger partial charge in [0, 0.05) is 11.7 Å². The van der Waals surface area contributed by atoms with Crippen LogP contribution in [0.1, 0.15) is 46.5 Å². The molecule has 0 amide bonds. The standard InChI is InChI=1S/C17H24N2O2/c1-17(2,3)11-4-6-12(7-5-11)18-13-8-9-15-14(10-13)19-16(20)21-15/h8-12,18H,4-7H2,1-3H3,(H,19,20). The lowest BCUT2D eigenvalue weighted by Crippen LogP contribution is -2.31. The van der Waals surface area contributed by atoms with Gasteiger partial charge in [0.05, 0.1) is 5.52 Å². The van der Waals surface area contributed by atoms with Crippen molar-refractivity contribution in [3.05, 3.63) is 28.7 Å². The molecule has 0 radical (unpaired) electrons. The van der Waals surface area contributed by atoms with E-state index in [4.69, 9.17) is 4.42 Å². The fourth-order valence-corrected chi connectivity index (χ4v) is 3.38. The fourth-order valence-electron chi connectivity index (χ4n) is 3.38. The summed E-state index contributed by atoms with van der Waals surface area (Å²) in [6.07, 6.45) is 4.99. The van der Waals surface area contributed by atoms with Crippen molar-refractivity contribution in [3.63, 3.8) is 0 Å². The Morgan fingerprint density at radius 1 is 1.19 bits per heavy atom. The van der Waals surface area contributed by atoms with E-state index in [9.17, 15) is 4.79 Å². The molecule has 1 aliphatic rings. The highest BCUT2D eigenvalue weighted by atomic mass is 16.4. The monoisotopic (exact) mass is 288 g/mol. The van der Waals surface area contributed by atoms with Gasteiger partial charge in [-0.3, -0.25) is 4.98 Å². The lowest BCUT2D eigenvalue weighted by atomic mass is 9.71. The minimum Gasteiger partial charge on any atom is -0.408 e. The van der Waals surface area contributed by atoms with Gasteiger partial charge in [-0.1, -0.05) is 20.8 Å². The molecule has 2 N–H and O–H groups in total. The van der Waals surface area contributed by atoms with Crippen molar-refractivity contribution in [2.45, 2.75) is 52.5 Å². The van der Waals surface area contributed by atoms with Gasteiger partial charge in [-0.2, -0.15) is 0 Å². The summed E-state index contributed by atoms with van der Waals surface area (Å²) in [4.78, 5) is 13.9. The van der Waals surface area contributed by atoms with E-state index in [-0.39, 0.29) is 0 Å². The SMILES string of the molecule is CC(C)(C)C1CCC(Nc2ccc3oc(=O)[nH]c3c2)CC1. The van der Waals surface area contributed by atoms with E-state index in [1.165, 1.54) is 25.7 Å². The molecule has 1 fully saturated rings. The van der Waals surface area contributed by atoms with Crippen LogP contribution in [0.5, 0.6) is 0 Å². The summed E-state index contributed by atoms with van der Waals surface area (Å²) in [5.41, 5.74) is 2.84. The zero-order valence-corrected chi connectivity index (χ0v) is 13.0. The van der Waals surface area contributed by atoms with Gasteiger partial charge >= 0.3 is 5.76 Å². The molecule has 4 heteroatoms. The third kappa shape index (κ3) is 3.14. The Hall–Kier alpha value is -1.71. The molecule has 3 rings (SSSR count). The number of benzene rings is 1. The van der Waals surface area contributed by atoms with Crippen molar-refractivity contribution in [1.29, 1.82) is 0 Å². The maximum atomic E-state index is 11.2. The summed E-state index contributed by atoms with van der Waals surface area (Å²) in [6, 6.07) is 6.31. The molecule has 2 aromatic rings. The topological polar surface area (TPSA) is 58.0 Å². The first-order valence-electron chi connectivity index (χ1n) is 7.81. The maximum absolute atomic E-state index is 11.2. The van der Waals surface area contributed by atoms with Gasteiger partial charge in [0.25, 0.3) is 0 Å². The number of nitrogens with one attached hydrogen (secondary N) is 2. The molecular formula is C17H24N2O2. The zero-order chi connectivity index (χ0) is 15.0. The van der Waals surface area contributed by atoms with Gasteiger partial charge in [-0.15, -0.1) is 0 Å². The normalized spacial score (nSPS) is 23.4. The first-order chi connectivity index (χ1) is 9.91. The van der Waals surface area contributed by atoms with E-state index in [1.54, 1.807) is 0 Å². The molecule has 0 aliphatic heterocycles. The minimum atomic E-state index is -0.396. The number of fused-ring (bicyclic) bond motifs is 1. The van der Waals surface area contributed by atoms with Gasteiger partial charge < -0.3 is 9.73 Å². The average Bonchev–Trinajstić information content (AvgIpc) is 2.78. The fraction of sp³-hybridized carbons (Fsp3) is 0.588. The highest BCUT2D eigenvalue weighted by Crippen LogP contribution is 2.38. The van der Waals surface area contributed by atoms with E-state index in [0.29, 0.717) is 17.0 Å². The van der Waals surface area contributed by atoms with Gasteiger partial charge in [0.1, 0.15) is 0 Å².